The van der Waals surface area contributed by atoms with Gasteiger partial charge >= 0.3 is 0 Å². The monoisotopic (exact) mass is 248 g/mol. The summed E-state index contributed by atoms with van der Waals surface area (Å²) in [4.78, 5) is 9.33. The molecule has 0 aromatic carbocycles. The summed E-state index contributed by atoms with van der Waals surface area (Å²) in [5.41, 5.74) is 3.73. The Bertz CT molecular complexity index is 405. The number of rotatable bonds is 3. The molecule has 1 aliphatic heterocycles. The van der Waals surface area contributed by atoms with Crippen LogP contribution in [-0.2, 0) is 6.54 Å². The van der Waals surface area contributed by atoms with E-state index < -0.39 is 0 Å². The smallest absolute Gasteiger partial charge is 0.0448 e. The SMILES string of the molecule is CNCc1cnc(C)cc1N1CCN(C)CC1C. The molecule has 1 aliphatic rings. The molecule has 0 spiro atoms. The molecule has 1 N–H and O–H groups in total. The number of likely N-dealkylation sites (N-methyl/N-ethyl adjacent to an activating group) is 1. The van der Waals surface area contributed by atoms with Crippen molar-refractivity contribution in [1.29, 1.82) is 0 Å². The summed E-state index contributed by atoms with van der Waals surface area (Å²) in [5.74, 6) is 0. The summed E-state index contributed by atoms with van der Waals surface area (Å²) in [6.45, 7) is 8.59. The van der Waals surface area contributed by atoms with Gasteiger partial charge in [0.25, 0.3) is 0 Å². The van der Waals surface area contributed by atoms with Crippen LogP contribution in [0.3, 0.4) is 0 Å². The number of aryl methyl sites for hydroxylation is 1. The fourth-order valence-corrected chi connectivity index (χ4v) is 2.67. The van der Waals surface area contributed by atoms with Gasteiger partial charge in [0.15, 0.2) is 0 Å². The van der Waals surface area contributed by atoms with Crippen LogP contribution in [0.25, 0.3) is 0 Å². The van der Waals surface area contributed by atoms with Crippen LogP contribution in [0.15, 0.2) is 12.3 Å². The average Bonchev–Trinajstić information content (AvgIpc) is 2.32. The van der Waals surface area contributed by atoms with Crippen LogP contribution in [0.1, 0.15) is 18.2 Å². The van der Waals surface area contributed by atoms with Gasteiger partial charge in [-0.2, -0.15) is 0 Å². The number of aromatic nitrogens is 1. The van der Waals surface area contributed by atoms with Crippen molar-refractivity contribution < 1.29 is 0 Å². The standard InChI is InChI=1S/C14H24N4/c1-11-7-14(13(8-15-3)9-16-11)18-6-5-17(4)10-12(18)2/h7,9,12,15H,5-6,8,10H2,1-4H3. The van der Waals surface area contributed by atoms with Gasteiger partial charge in [0.1, 0.15) is 0 Å². The third-order valence-corrected chi connectivity index (χ3v) is 3.61. The van der Waals surface area contributed by atoms with Crippen molar-refractivity contribution in [1.82, 2.24) is 15.2 Å². The highest BCUT2D eigenvalue weighted by atomic mass is 15.3. The highest BCUT2D eigenvalue weighted by Gasteiger charge is 2.23. The third kappa shape index (κ3) is 2.82. The number of anilines is 1. The predicted molar refractivity (Wildman–Crippen MR) is 76.0 cm³/mol. The highest BCUT2D eigenvalue weighted by Crippen LogP contribution is 2.25. The molecule has 18 heavy (non-hydrogen) atoms. The van der Waals surface area contributed by atoms with Crippen molar-refractivity contribution in [3.05, 3.63) is 23.5 Å². The Kier molecular flexibility index (Phi) is 4.19. The fraction of sp³-hybridized carbons (Fsp3) is 0.643. The molecule has 1 saturated heterocycles. The van der Waals surface area contributed by atoms with E-state index >= 15 is 0 Å². The highest BCUT2D eigenvalue weighted by molar-refractivity contribution is 5.54. The van der Waals surface area contributed by atoms with Gasteiger partial charge in [-0.05, 0) is 34.0 Å². The maximum absolute atomic E-state index is 4.42. The lowest BCUT2D eigenvalue weighted by molar-refractivity contribution is 0.275. The zero-order valence-electron chi connectivity index (χ0n) is 11.9. The van der Waals surface area contributed by atoms with Crippen LogP contribution in [0.5, 0.6) is 0 Å². The first kappa shape index (κ1) is 13.3. The van der Waals surface area contributed by atoms with Gasteiger partial charge in [-0.25, -0.2) is 0 Å². The number of hydrogen-bond acceptors (Lipinski definition) is 4. The Hall–Kier alpha value is -1.13. The molecular formula is C14H24N4. The molecule has 1 fully saturated rings. The summed E-state index contributed by atoms with van der Waals surface area (Å²) in [6.07, 6.45) is 2.01. The van der Waals surface area contributed by atoms with Crippen LogP contribution in [0, 0.1) is 6.92 Å². The minimum Gasteiger partial charge on any atom is -0.366 e. The van der Waals surface area contributed by atoms with Crippen molar-refractivity contribution in [3.8, 4) is 0 Å². The van der Waals surface area contributed by atoms with Gasteiger partial charge in [0.2, 0.25) is 0 Å². The molecule has 0 saturated carbocycles. The molecular weight excluding hydrogens is 224 g/mol. The first-order valence-electron chi connectivity index (χ1n) is 6.67. The maximum Gasteiger partial charge on any atom is 0.0448 e. The largest absolute Gasteiger partial charge is 0.366 e. The van der Waals surface area contributed by atoms with Gasteiger partial charge in [-0.15, -0.1) is 0 Å². The quantitative estimate of drug-likeness (QED) is 0.872. The summed E-state index contributed by atoms with van der Waals surface area (Å²) in [6, 6.07) is 2.77. The average molecular weight is 248 g/mol. The van der Waals surface area contributed by atoms with E-state index in [1.54, 1.807) is 0 Å². The zero-order valence-corrected chi connectivity index (χ0v) is 11.9. The normalized spacial score (nSPS) is 21.3. The van der Waals surface area contributed by atoms with Crippen molar-refractivity contribution in [3.63, 3.8) is 0 Å². The Morgan fingerprint density at radius 1 is 1.44 bits per heavy atom. The van der Waals surface area contributed by atoms with Gasteiger partial charge in [0, 0.05) is 55.4 Å². The molecule has 100 valence electrons. The number of nitrogens with one attached hydrogen (secondary N) is 1. The molecule has 0 bridgehead atoms. The Morgan fingerprint density at radius 3 is 2.89 bits per heavy atom. The number of pyridine rings is 1. The van der Waals surface area contributed by atoms with Crippen molar-refractivity contribution in [2.24, 2.45) is 0 Å². The van der Waals surface area contributed by atoms with E-state index in [-0.39, 0.29) is 0 Å². The molecule has 1 aromatic rings. The molecule has 0 aliphatic carbocycles. The van der Waals surface area contributed by atoms with E-state index in [9.17, 15) is 0 Å². The Balaban J connectivity index is 2.28. The first-order chi connectivity index (χ1) is 8.61. The van der Waals surface area contributed by atoms with E-state index in [1.165, 1.54) is 11.3 Å². The van der Waals surface area contributed by atoms with Gasteiger partial charge in [0.05, 0.1) is 0 Å². The van der Waals surface area contributed by atoms with Gasteiger partial charge < -0.3 is 15.1 Å². The van der Waals surface area contributed by atoms with Crippen molar-refractivity contribution >= 4 is 5.69 Å². The van der Waals surface area contributed by atoms with E-state index in [2.05, 4.69) is 47.1 Å². The van der Waals surface area contributed by atoms with E-state index in [0.717, 1.165) is 31.9 Å². The second kappa shape index (κ2) is 5.67. The van der Waals surface area contributed by atoms with Gasteiger partial charge in [-0.3, -0.25) is 4.98 Å². The summed E-state index contributed by atoms with van der Waals surface area (Å²) in [5, 5.41) is 3.23. The number of nitrogens with zero attached hydrogens (tertiary/aromatic N) is 3. The van der Waals surface area contributed by atoms with Crippen LogP contribution >= 0.6 is 0 Å². The van der Waals surface area contributed by atoms with Crippen LogP contribution in [0.2, 0.25) is 0 Å². The van der Waals surface area contributed by atoms with E-state index in [0.29, 0.717) is 6.04 Å². The minimum absolute atomic E-state index is 0.557. The molecule has 2 heterocycles. The lowest BCUT2D eigenvalue weighted by Crippen LogP contribution is -2.51. The number of hydrogen-bond donors (Lipinski definition) is 1. The molecule has 1 unspecified atom stereocenters. The van der Waals surface area contributed by atoms with Gasteiger partial charge in [-0.1, -0.05) is 0 Å². The molecule has 0 radical (unpaired) electrons. The van der Waals surface area contributed by atoms with Crippen molar-refractivity contribution in [2.75, 3.05) is 38.6 Å². The summed E-state index contributed by atoms with van der Waals surface area (Å²) in [7, 11) is 4.18. The van der Waals surface area contributed by atoms with Crippen molar-refractivity contribution in [2.45, 2.75) is 26.4 Å². The maximum atomic E-state index is 4.42. The molecule has 0 amide bonds. The molecule has 1 aromatic heterocycles. The molecule has 4 nitrogen and oxygen atoms in total. The van der Waals surface area contributed by atoms with Crippen LogP contribution in [0.4, 0.5) is 5.69 Å². The lowest BCUT2D eigenvalue weighted by atomic mass is 10.1. The molecule has 1 atom stereocenters. The molecule has 2 rings (SSSR count). The van der Waals surface area contributed by atoms with Crippen LogP contribution < -0.4 is 10.2 Å². The number of piperazine rings is 1. The Labute approximate surface area is 110 Å². The minimum atomic E-state index is 0.557. The molecule has 4 heteroatoms. The second-order valence-corrected chi connectivity index (χ2v) is 5.29. The van der Waals surface area contributed by atoms with Crippen LogP contribution in [-0.4, -0.2) is 49.7 Å². The van der Waals surface area contributed by atoms with E-state index in [1.807, 2.05) is 13.2 Å². The second-order valence-electron chi connectivity index (χ2n) is 5.29. The lowest BCUT2D eigenvalue weighted by Gasteiger charge is -2.40. The fourth-order valence-electron chi connectivity index (χ4n) is 2.67. The predicted octanol–water partition coefficient (Wildman–Crippen LogP) is 1.25. The summed E-state index contributed by atoms with van der Waals surface area (Å²) < 4.78 is 0. The first-order valence-corrected chi connectivity index (χ1v) is 6.67. The van der Waals surface area contributed by atoms with E-state index in [4.69, 9.17) is 0 Å². The summed E-state index contributed by atoms with van der Waals surface area (Å²) >= 11 is 0. The zero-order chi connectivity index (χ0) is 13.1. The Morgan fingerprint density at radius 2 is 2.22 bits per heavy atom. The third-order valence-electron chi connectivity index (χ3n) is 3.61. The topological polar surface area (TPSA) is 31.4 Å².